The zero-order valence-corrected chi connectivity index (χ0v) is 7.32. The first-order chi connectivity index (χ1) is 5.73. The molecule has 2 nitrogen and oxygen atoms in total. The van der Waals surface area contributed by atoms with Crippen LogP contribution < -0.4 is 5.73 Å². The van der Waals surface area contributed by atoms with Gasteiger partial charge in [-0.1, -0.05) is 6.08 Å². The summed E-state index contributed by atoms with van der Waals surface area (Å²) in [6, 6.07) is 0. The van der Waals surface area contributed by atoms with Crippen molar-refractivity contribution in [3.05, 3.63) is 12.7 Å². The Hall–Kier alpha value is -0.840. The van der Waals surface area contributed by atoms with Crippen molar-refractivity contribution < 1.29 is 18.0 Å². The molecule has 0 saturated carbocycles. The van der Waals surface area contributed by atoms with Crippen LogP contribution in [0.25, 0.3) is 0 Å². The zero-order valence-electron chi connectivity index (χ0n) is 7.32. The van der Waals surface area contributed by atoms with Crippen molar-refractivity contribution in [1.82, 2.24) is 0 Å². The number of carbonyl (C=O) groups is 1. The van der Waals surface area contributed by atoms with E-state index in [1.807, 2.05) is 0 Å². The van der Waals surface area contributed by atoms with Crippen LogP contribution in [0.5, 0.6) is 0 Å². The molecule has 0 amide bonds. The van der Waals surface area contributed by atoms with E-state index in [1.165, 1.54) is 6.08 Å². The minimum atomic E-state index is -4.69. The van der Waals surface area contributed by atoms with Gasteiger partial charge in [-0.05, 0) is 13.3 Å². The van der Waals surface area contributed by atoms with Crippen LogP contribution in [0.1, 0.15) is 19.8 Å². The number of alkyl halides is 3. The lowest BCUT2D eigenvalue weighted by atomic mass is 9.94. The number of hydrogen-bond acceptors (Lipinski definition) is 2. The van der Waals surface area contributed by atoms with Crippen LogP contribution in [0.3, 0.4) is 0 Å². The summed E-state index contributed by atoms with van der Waals surface area (Å²) in [6.07, 6.45) is -3.33. The van der Waals surface area contributed by atoms with Gasteiger partial charge in [-0.15, -0.1) is 6.58 Å². The first-order valence-electron chi connectivity index (χ1n) is 3.73. The quantitative estimate of drug-likeness (QED) is 0.695. The van der Waals surface area contributed by atoms with Crippen molar-refractivity contribution in [2.75, 3.05) is 0 Å². The van der Waals surface area contributed by atoms with Crippen molar-refractivity contribution in [3.8, 4) is 0 Å². The van der Waals surface area contributed by atoms with Gasteiger partial charge in [-0.25, -0.2) is 0 Å². The number of carbonyl (C=O) groups excluding carboxylic acids is 1. The summed E-state index contributed by atoms with van der Waals surface area (Å²) in [7, 11) is 0. The Morgan fingerprint density at radius 1 is 1.54 bits per heavy atom. The number of Topliss-reactive ketones (excluding diaryl/α,β-unsaturated/α-hetero) is 1. The van der Waals surface area contributed by atoms with Crippen LogP contribution in [0.2, 0.25) is 0 Å². The molecular formula is C8H12F3NO. The van der Waals surface area contributed by atoms with E-state index in [1.54, 1.807) is 0 Å². The summed E-state index contributed by atoms with van der Waals surface area (Å²) in [5, 5.41) is 0. The third-order valence-electron chi connectivity index (χ3n) is 1.74. The first kappa shape index (κ1) is 12.2. The molecular weight excluding hydrogens is 183 g/mol. The van der Waals surface area contributed by atoms with Crippen LogP contribution in [-0.2, 0) is 4.79 Å². The van der Waals surface area contributed by atoms with Gasteiger partial charge in [-0.3, -0.25) is 4.79 Å². The molecule has 0 aromatic carbocycles. The molecule has 1 unspecified atom stereocenters. The predicted octanol–water partition coefficient (Wildman–Crippen LogP) is 1.80. The van der Waals surface area contributed by atoms with Gasteiger partial charge in [0.15, 0.2) is 11.3 Å². The largest absolute Gasteiger partial charge is 0.413 e. The van der Waals surface area contributed by atoms with Gasteiger partial charge in [0, 0.05) is 6.42 Å². The lowest BCUT2D eigenvalue weighted by Gasteiger charge is -2.25. The topological polar surface area (TPSA) is 43.1 Å². The molecule has 5 heteroatoms. The molecule has 2 N–H and O–H groups in total. The molecule has 0 aliphatic rings. The van der Waals surface area contributed by atoms with Crippen LogP contribution in [0.4, 0.5) is 13.2 Å². The Bertz CT molecular complexity index is 208. The number of ketones is 1. The molecule has 0 aliphatic carbocycles. The number of hydrogen-bond donors (Lipinski definition) is 1. The van der Waals surface area contributed by atoms with E-state index in [0.717, 1.165) is 0 Å². The Morgan fingerprint density at radius 3 is 2.31 bits per heavy atom. The van der Waals surface area contributed by atoms with Crippen molar-refractivity contribution in [2.45, 2.75) is 31.5 Å². The molecule has 1 atom stereocenters. The maximum absolute atomic E-state index is 12.1. The van der Waals surface area contributed by atoms with Gasteiger partial charge in [0.05, 0.1) is 0 Å². The second kappa shape index (κ2) is 3.91. The first-order valence-corrected chi connectivity index (χ1v) is 3.73. The van der Waals surface area contributed by atoms with E-state index in [-0.39, 0.29) is 12.8 Å². The molecule has 13 heavy (non-hydrogen) atoms. The molecule has 0 aromatic rings. The van der Waals surface area contributed by atoms with Crippen molar-refractivity contribution in [1.29, 1.82) is 0 Å². The summed E-state index contributed by atoms with van der Waals surface area (Å²) in [4.78, 5) is 11.0. The second-order valence-electron chi connectivity index (χ2n) is 2.95. The van der Waals surface area contributed by atoms with E-state index in [9.17, 15) is 18.0 Å². The van der Waals surface area contributed by atoms with Gasteiger partial charge in [-0.2, -0.15) is 13.2 Å². The highest BCUT2D eigenvalue weighted by Crippen LogP contribution is 2.29. The average molecular weight is 195 g/mol. The monoisotopic (exact) mass is 195 g/mol. The normalized spacial score (nSPS) is 16.4. The van der Waals surface area contributed by atoms with Crippen LogP contribution in [-0.4, -0.2) is 17.5 Å². The fraction of sp³-hybridized carbons (Fsp3) is 0.625. The van der Waals surface area contributed by atoms with Gasteiger partial charge in [0.1, 0.15) is 0 Å². The van der Waals surface area contributed by atoms with Crippen molar-refractivity contribution in [2.24, 2.45) is 5.73 Å². The SMILES string of the molecule is C=CCCC(=O)C(C)(N)C(F)(F)F. The third kappa shape index (κ3) is 2.84. The summed E-state index contributed by atoms with van der Waals surface area (Å²) >= 11 is 0. The summed E-state index contributed by atoms with van der Waals surface area (Å²) in [6.45, 7) is 3.98. The Labute approximate surface area is 74.6 Å². The highest BCUT2D eigenvalue weighted by Gasteiger charge is 2.52. The van der Waals surface area contributed by atoms with Crippen LogP contribution >= 0.6 is 0 Å². The van der Waals surface area contributed by atoms with Gasteiger partial charge >= 0.3 is 6.18 Å². The standard InChI is InChI=1S/C8H12F3NO/c1-3-4-5-6(13)7(2,12)8(9,10)11/h3H,1,4-5,12H2,2H3. The van der Waals surface area contributed by atoms with Crippen LogP contribution in [0.15, 0.2) is 12.7 Å². The number of nitrogens with two attached hydrogens (primary N) is 1. The van der Waals surface area contributed by atoms with E-state index in [2.05, 4.69) is 6.58 Å². The molecule has 0 bridgehead atoms. The molecule has 0 aromatic heterocycles. The fourth-order valence-corrected chi connectivity index (χ4v) is 0.651. The average Bonchev–Trinajstić information content (AvgIpc) is 1.97. The summed E-state index contributed by atoms with van der Waals surface area (Å²) in [5.41, 5.74) is 2.13. The summed E-state index contributed by atoms with van der Waals surface area (Å²) in [5.74, 6) is -1.01. The van der Waals surface area contributed by atoms with E-state index in [4.69, 9.17) is 5.73 Å². The van der Waals surface area contributed by atoms with E-state index in [0.29, 0.717) is 6.92 Å². The number of allylic oxidation sites excluding steroid dienone is 1. The zero-order chi connectivity index (χ0) is 10.7. The number of halogens is 3. The Kier molecular flexibility index (Phi) is 3.66. The molecule has 0 fully saturated rings. The molecule has 0 saturated heterocycles. The molecule has 0 aliphatic heterocycles. The Morgan fingerprint density at radius 2 is 2.00 bits per heavy atom. The van der Waals surface area contributed by atoms with E-state index >= 15 is 0 Å². The highest BCUT2D eigenvalue weighted by atomic mass is 19.4. The minimum Gasteiger partial charge on any atom is -0.312 e. The minimum absolute atomic E-state index is 0.210. The maximum atomic E-state index is 12.1. The van der Waals surface area contributed by atoms with Gasteiger partial charge in [0.25, 0.3) is 0 Å². The van der Waals surface area contributed by atoms with Crippen molar-refractivity contribution >= 4 is 5.78 Å². The molecule has 0 spiro atoms. The lowest BCUT2D eigenvalue weighted by Crippen LogP contribution is -2.57. The van der Waals surface area contributed by atoms with Crippen LogP contribution in [0, 0.1) is 0 Å². The number of rotatable bonds is 4. The third-order valence-corrected chi connectivity index (χ3v) is 1.74. The van der Waals surface area contributed by atoms with Crippen molar-refractivity contribution in [3.63, 3.8) is 0 Å². The fourth-order valence-electron chi connectivity index (χ4n) is 0.651. The maximum Gasteiger partial charge on any atom is 0.413 e. The molecule has 76 valence electrons. The predicted molar refractivity (Wildman–Crippen MR) is 43.1 cm³/mol. The van der Waals surface area contributed by atoms with E-state index < -0.39 is 17.5 Å². The lowest BCUT2D eigenvalue weighted by molar-refractivity contribution is -0.186. The molecule has 0 radical (unpaired) electrons. The smallest absolute Gasteiger partial charge is 0.312 e. The molecule has 0 heterocycles. The highest BCUT2D eigenvalue weighted by molar-refractivity contribution is 5.88. The Balaban J connectivity index is 4.45. The van der Waals surface area contributed by atoms with Gasteiger partial charge < -0.3 is 5.73 Å². The second-order valence-corrected chi connectivity index (χ2v) is 2.95. The summed E-state index contributed by atoms with van der Waals surface area (Å²) < 4.78 is 36.4. The van der Waals surface area contributed by atoms with Gasteiger partial charge in [0.2, 0.25) is 0 Å². The molecule has 0 rings (SSSR count).